The summed E-state index contributed by atoms with van der Waals surface area (Å²) in [5.74, 6) is -0.186. The van der Waals surface area contributed by atoms with E-state index in [2.05, 4.69) is 15.5 Å². The monoisotopic (exact) mass is 474 g/mol. The van der Waals surface area contributed by atoms with Crippen molar-refractivity contribution in [2.24, 2.45) is 0 Å². The van der Waals surface area contributed by atoms with Crippen LogP contribution in [0.5, 0.6) is 0 Å². The van der Waals surface area contributed by atoms with Gasteiger partial charge in [0.25, 0.3) is 15.9 Å². The van der Waals surface area contributed by atoms with Gasteiger partial charge in [-0.2, -0.15) is 0 Å². The number of fused-ring (bicyclic) bond motifs is 1. The molecular weight excluding hydrogens is 452 g/mol. The lowest BCUT2D eigenvalue weighted by Gasteiger charge is -2.30. The Morgan fingerprint density at radius 1 is 1.00 bits per heavy atom. The number of amides is 1. The van der Waals surface area contributed by atoms with Crippen LogP contribution >= 0.6 is 0 Å². The van der Waals surface area contributed by atoms with Crippen molar-refractivity contribution in [3.05, 3.63) is 89.5 Å². The molecule has 0 saturated heterocycles. The molecule has 0 unspecified atom stereocenters. The number of aryl methyl sites for hydroxylation is 2. The third kappa shape index (κ3) is 4.17. The minimum absolute atomic E-state index is 0.0388. The maximum absolute atomic E-state index is 13.3. The fourth-order valence-electron chi connectivity index (χ4n) is 3.99. The Morgan fingerprint density at radius 3 is 2.59 bits per heavy atom. The van der Waals surface area contributed by atoms with Gasteiger partial charge in [0.1, 0.15) is 0 Å². The Kier molecular flexibility index (Phi) is 5.62. The van der Waals surface area contributed by atoms with Gasteiger partial charge in [-0.05, 0) is 67.8 Å². The number of benzene rings is 3. The SMILES string of the molecule is Cc1cccc(-c2nnc(NC(=O)c3ccc(S(=O)(=O)N4CCCc5ccccc54)cc3)o2)c1. The zero-order valence-corrected chi connectivity index (χ0v) is 19.2. The number of para-hydroxylation sites is 1. The van der Waals surface area contributed by atoms with E-state index in [-0.39, 0.29) is 16.5 Å². The molecule has 0 atom stereocenters. The van der Waals surface area contributed by atoms with Gasteiger partial charge in [-0.25, -0.2) is 8.42 Å². The molecule has 0 fully saturated rings. The number of rotatable bonds is 5. The fraction of sp³-hybridized carbons (Fsp3) is 0.160. The van der Waals surface area contributed by atoms with E-state index < -0.39 is 15.9 Å². The second-order valence-electron chi connectivity index (χ2n) is 8.07. The van der Waals surface area contributed by atoms with Crippen molar-refractivity contribution in [3.63, 3.8) is 0 Å². The summed E-state index contributed by atoms with van der Waals surface area (Å²) in [4.78, 5) is 12.8. The van der Waals surface area contributed by atoms with Gasteiger partial charge in [0.2, 0.25) is 5.89 Å². The van der Waals surface area contributed by atoms with E-state index in [0.717, 1.165) is 29.5 Å². The number of hydrogen-bond acceptors (Lipinski definition) is 6. The molecule has 2 heterocycles. The molecule has 0 spiro atoms. The number of nitrogens with one attached hydrogen (secondary N) is 1. The summed E-state index contributed by atoms with van der Waals surface area (Å²) in [6.45, 7) is 2.37. The highest BCUT2D eigenvalue weighted by Gasteiger charge is 2.29. The van der Waals surface area contributed by atoms with E-state index in [1.54, 1.807) is 0 Å². The third-order valence-corrected chi connectivity index (χ3v) is 7.51. The highest BCUT2D eigenvalue weighted by atomic mass is 32.2. The Balaban J connectivity index is 1.32. The molecule has 4 aromatic rings. The minimum Gasteiger partial charge on any atom is -0.403 e. The van der Waals surface area contributed by atoms with E-state index in [9.17, 15) is 13.2 Å². The maximum atomic E-state index is 13.3. The molecule has 8 nitrogen and oxygen atoms in total. The summed E-state index contributed by atoms with van der Waals surface area (Å²) >= 11 is 0. The molecule has 1 aliphatic heterocycles. The number of carbonyl (C=O) groups excluding carboxylic acids is 1. The third-order valence-electron chi connectivity index (χ3n) is 5.68. The van der Waals surface area contributed by atoms with E-state index in [4.69, 9.17) is 4.42 Å². The quantitative estimate of drug-likeness (QED) is 0.458. The molecule has 0 radical (unpaired) electrons. The van der Waals surface area contributed by atoms with Crippen molar-refractivity contribution in [3.8, 4) is 11.5 Å². The predicted molar refractivity (Wildman–Crippen MR) is 128 cm³/mol. The van der Waals surface area contributed by atoms with Crippen molar-refractivity contribution in [2.75, 3.05) is 16.2 Å². The summed E-state index contributed by atoms with van der Waals surface area (Å²) in [5.41, 5.74) is 3.79. The molecule has 172 valence electrons. The molecule has 0 saturated carbocycles. The molecule has 0 aliphatic carbocycles. The molecular formula is C25H22N4O4S. The smallest absolute Gasteiger partial charge is 0.322 e. The van der Waals surface area contributed by atoms with Crippen LogP contribution in [0, 0.1) is 6.92 Å². The second-order valence-corrected chi connectivity index (χ2v) is 9.93. The average Bonchev–Trinajstić information content (AvgIpc) is 3.32. The Morgan fingerprint density at radius 2 is 1.79 bits per heavy atom. The Labute approximate surface area is 197 Å². The number of anilines is 2. The van der Waals surface area contributed by atoms with Gasteiger partial charge in [-0.3, -0.25) is 14.4 Å². The van der Waals surface area contributed by atoms with Gasteiger partial charge in [0.05, 0.1) is 10.6 Å². The second kappa shape index (κ2) is 8.75. The predicted octanol–water partition coefficient (Wildman–Crippen LogP) is 4.44. The molecule has 34 heavy (non-hydrogen) atoms. The maximum Gasteiger partial charge on any atom is 0.322 e. The first-order chi connectivity index (χ1) is 16.4. The van der Waals surface area contributed by atoms with Crippen LogP contribution in [0.25, 0.3) is 11.5 Å². The number of carbonyl (C=O) groups is 1. The lowest BCUT2D eigenvalue weighted by molar-refractivity contribution is 0.102. The van der Waals surface area contributed by atoms with Crippen molar-refractivity contribution in [2.45, 2.75) is 24.7 Å². The van der Waals surface area contributed by atoms with Crippen LogP contribution in [-0.2, 0) is 16.4 Å². The average molecular weight is 475 g/mol. The molecule has 1 aromatic heterocycles. The van der Waals surface area contributed by atoms with Gasteiger partial charge >= 0.3 is 6.01 Å². The van der Waals surface area contributed by atoms with Crippen molar-refractivity contribution in [1.29, 1.82) is 0 Å². The van der Waals surface area contributed by atoms with E-state index in [0.29, 0.717) is 18.1 Å². The zero-order chi connectivity index (χ0) is 23.7. The van der Waals surface area contributed by atoms with Crippen molar-refractivity contribution < 1.29 is 17.6 Å². The molecule has 0 bridgehead atoms. The summed E-state index contributed by atoms with van der Waals surface area (Å²) in [5, 5.41) is 10.4. The molecule has 9 heteroatoms. The van der Waals surface area contributed by atoms with Crippen LogP contribution in [0.2, 0.25) is 0 Å². The Hall–Kier alpha value is -3.98. The topological polar surface area (TPSA) is 105 Å². The first-order valence-corrected chi connectivity index (χ1v) is 12.3. The van der Waals surface area contributed by atoms with Gasteiger partial charge in [-0.1, -0.05) is 41.0 Å². The van der Waals surface area contributed by atoms with E-state index in [1.165, 1.54) is 28.6 Å². The summed E-state index contributed by atoms with van der Waals surface area (Å²) in [6.07, 6.45) is 1.61. The summed E-state index contributed by atoms with van der Waals surface area (Å²) < 4.78 is 33.5. The van der Waals surface area contributed by atoms with Crippen LogP contribution in [-0.4, -0.2) is 31.1 Å². The van der Waals surface area contributed by atoms with Crippen molar-refractivity contribution in [1.82, 2.24) is 10.2 Å². The number of aromatic nitrogens is 2. The van der Waals surface area contributed by atoms with Gasteiger partial charge in [-0.15, -0.1) is 5.10 Å². The summed E-state index contributed by atoms with van der Waals surface area (Å²) in [6, 6.07) is 20.9. The van der Waals surface area contributed by atoms with Gasteiger partial charge in [0, 0.05) is 17.7 Å². The first kappa shape index (κ1) is 21.8. The molecule has 1 amide bonds. The number of sulfonamides is 1. The largest absolute Gasteiger partial charge is 0.403 e. The van der Waals surface area contributed by atoms with Gasteiger partial charge in [0.15, 0.2) is 0 Å². The molecule has 3 aromatic carbocycles. The normalized spacial score (nSPS) is 13.4. The number of hydrogen-bond donors (Lipinski definition) is 1. The van der Waals surface area contributed by atoms with Crippen LogP contribution in [0.15, 0.2) is 82.1 Å². The highest BCUT2D eigenvalue weighted by Crippen LogP contribution is 2.32. The van der Waals surface area contributed by atoms with E-state index in [1.807, 2.05) is 55.5 Å². The van der Waals surface area contributed by atoms with Crippen LogP contribution in [0.1, 0.15) is 27.9 Å². The number of nitrogens with zero attached hydrogens (tertiary/aromatic N) is 3. The van der Waals surface area contributed by atoms with Crippen LogP contribution < -0.4 is 9.62 Å². The first-order valence-electron chi connectivity index (χ1n) is 10.8. The molecule has 1 aliphatic rings. The van der Waals surface area contributed by atoms with Crippen LogP contribution in [0.3, 0.4) is 0 Å². The molecule has 5 rings (SSSR count). The zero-order valence-electron chi connectivity index (χ0n) is 18.4. The molecule has 1 N–H and O–H groups in total. The lowest BCUT2D eigenvalue weighted by Crippen LogP contribution is -2.35. The highest BCUT2D eigenvalue weighted by molar-refractivity contribution is 7.92. The Bertz CT molecular complexity index is 1460. The standard InChI is InChI=1S/C25H22N4O4S/c1-17-6-4-8-20(16-17)24-27-28-25(33-24)26-23(30)19-11-13-21(14-12-19)34(31,32)29-15-5-9-18-7-2-3-10-22(18)29/h2-4,6-8,10-14,16H,5,9,15H2,1H3,(H,26,28,30). The van der Waals surface area contributed by atoms with Crippen LogP contribution in [0.4, 0.5) is 11.7 Å². The summed E-state index contributed by atoms with van der Waals surface area (Å²) in [7, 11) is -3.75. The van der Waals surface area contributed by atoms with Crippen molar-refractivity contribution >= 4 is 27.6 Å². The lowest BCUT2D eigenvalue weighted by atomic mass is 10.0. The van der Waals surface area contributed by atoms with Gasteiger partial charge < -0.3 is 4.42 Å². The fourth-order valence-corrected chi connectivity index (χ4v) is 5.53. The van der Waals surface area contributed by atoms with E-state index >= 15 is 0 Å². The minimum atomic E-state index is -3.75.